The van der Waals surface area contributed by atoms with Crippen LogP contribution in [0.1, 0.15) is 23.6 Å². The van der Waals surface area contributed by atoms with Crippen LogP contribution < -0.4 is 4.74 Å². The minimum absolute atomic E-state index is 0.224. The lowest BCUT2D eigenvalue weighted by molar-refractivity contribution is 0.371. The average Bonchev–Trinajstić information content (AvgIpc) is 3.21. The van der Waals surface area contributed by atoms with E-state index in [1.807, 2.05) is 48.5 Å². The summed E-state index contributed by atoms with van der Waals surface area (Å²) in [6.45, 7) is 0. The number of halogens is 1. The highest BCUT2D eigenvalue weighted by Gasteiger charge is 2.37. The van der Waals surface area contributed by atoms with Crippen LogP contribution in [0.4, 0.5) is 0 Å². The molecule has 0 saturated carbocycles. The largest absolute Gasteiger partial charge is 0.497 e. The van der Waals surface area contributed by atoms with E-state index in [0.29, 0.717) is 6.42 Å². The average molecular weight is 471 g/mol. The van der Waals surface area contributed by atoms with Gasteiger partial charge in [0.05, 0.1) is 23.8 Å². The smallest absolute Gasteiger partial charge is 0.279 e. The lowest BCUT2D eigenvalue weighted by atomic mass is 9.99. The Labute approximate surface area is 178 Å². The van der Waals surface area contributed by atoms with Crippen molar-refractivity contribution in [2.24, 2.45) is 5.10 Å². The maximum atomic E-state index is 13.4. The molecule has 3 aromatic rings. The number of hydrogen-bond acceptors (Lipinski definition) is 4. The van der Waals surface area contributed by atoms with Crippen LogP contribution in [0.15, 0.2) is 93.3 Å². The van der Waals surface area contributed by atoms with Crippen LogP contribution in [0.2, 0.25) is 0 Å². The molecule has 0 bridgehead atoms. The standard InChI is InChI=1S/C22H19BrN2O3S/c1-28-19-13-9-16(10-14-19)21-15-22(17-7-11-18(23)12-8-17)25(24-21)29(26,27)20-5-3-2-4-6-20/h2-14,22H,15H2,1H3/t22-/m0/s1. The first-order valence-corrected chi connectivity index (χ1v) is 11.3. The van der Waals surface area contributed by atoms with Crippen molar-refractivity contribution >= 4 is 31.7 Å². The number of sulfonamides is 1. The number of nitrogens with zero attached hydrogens (tertiary/aromatic N) is 2. The zero-order valence-corrected chi connectivity index (χ0v) is 18.1. The molecule has 1 aliphatic heterocycles. The molecule has 0 N–H and O–H groups in total. The maximum absolute atomic E-state index is 13.4. The number of methoxy groups -OCH3 is 1. The first kappa shape index (κ1) is 19.7. The van der Waals surface area contributed by atoms with Crippen molar-refractivity contribution in [3.05, 3.63) is 94.5 Å². The van der Waals surface area contributed by atoms with Crippen LogP contribution >= 0.6 is 15.9 Å². The van der Waals surface area contributed by atoms with Crippen molar-refractivity contribution in [1.82, 2.24) is 4.41 Å². The van der Waals surface area contributed by atoms with Crippen LogP contribution in [0, 0.1) is 0 Å². The second-order valence-electron chi connectivity index (χ2n) is 6.64. The zero-order valence-electron chi connectivity index (χ0n) is 15.7. The first-order chi connectivity index (χ1) is 14.0. The van der Waals surface area contributed by atoms with E-state index in [0.717, 1.165) is 27.1 Å². The van der Waals surface area contributed by atoms with E-state index in [-0.39, 0.29) is 4.90 Å². The summed E-state index contributed by atoms with van der Waals surface area (Å²) in [5.74, 6) is 0.741. The van der Waals surface area contributed by atoms with Gasteiger partial charge in [0.15, 0.2) is 0 Å². The SMILES string of the molecule is COc1ccc(C2=NN(S(=O)(=O)c3ccccc3)[C@H](c3ccc(Br)cc3)C2)cc1. The molecule has 1 heterocycles. The lowest BCUT2D eigenvalue weighted by Gasteiger charge is -2.23. The van der Waals surface area contributed by atoms with Crippen molar-refractivity contribution in [2.45, 2.75) is 17.4 Å². The Bertz CT molecular complexity index is 1130. The molecular weight excluding hydrogens is 452 g/mol. The van der Waals surface area contributed by atoms with Gasteiger partial charge in [-0.2, -0.15) is 17.9 Å². The Morgan fingerprint density at radius 2 is 1.62 bits per heavy atom. The van der Waals surface area contributed by atoms with Crippen molar-refractivity contribution in [1.29, 1.82) is 0 Å². The lowest BCUT2D eigenvalue weighted by Crippen LogP contribution is -2.27. The predicted octanol–water partition coefficient (Wildman–Crippen LogP) is 5.00. The molecule has 148 valence electrons. The van der Waals surface area contributed by atoms with Gasteiger partial charge in [-0.05, 0) is 59.7 Å². The minimum Gasteiger partial charge on any atom is -0.497 e. The zero-order chi connectivity index (χ0) is 20.4. The van der Waals surface area contributed by atoms with Crippen molar-refractivity contribution in [3.8, 4) is 5.75 Å². The molecule has 1 atom stereocenters. The molecule has 0 amide bonds. The molecule has 0 aromatic heterocycles. The Balaban J connectivity index is 1.77. The summed E-state index contributed by atoms with van der Waals surface area (Å²) in [6, 6.07) is 23.2. The number of hydrogen-bond donors (Lipinski definition) is 0. The van der Waals surface area contributed by atoms with E-state index in [1.165, 1.54) is 4.41 Å². The first-order valence-electron chi connectivity index (χ1n) is 9.06. The molecule has 0 saturated heterocycles. The molecule has 0 radical (unpaired) electrons. The van der Waals surface area contributed by atoms with Gasteiger partial charge < -0.3 is 4.74 Å². The Morgan fingerprint density at radius 3 is 2.24 bits per heavy atom. The Kier molecular flexibility index (Phi) is 5.43. The van der Waals surface area contributed by atoms with E-state index in [9.17, 15) is 8.42 Å². The summed E-state index contributed by atoms with van der Waals surface area (Å²) in [5, 5.41) is 4.55. The van der Waals surface area contributed by atoms with E-state index in [2.05, 4.69) is 21.0 Å². The molecule has 3 aromatic carbocycles. The molecular formula is C22H19BrN2O3S. The minimum atomic E-state index is -3.79. The Hall–Kier alpha value is -2.64. The van der Waals surface area contributed by atoms with Crippen molar-refractivity contribution in [3.63, 3.8) is 0 Å². The third-order valence-corrected chi connectivity index (χ3v) is 7.06. The Morgan fingerprint density at radius 1 is 0.966 bits per heavy atom. The summed E-state index contributed by atoms with van der Waals surface area (Å²) >= 11 is 3.44. The molecule has 4 rings (SSSR count). The van der Waals surface area contributed by atoms with E-state index >= 15 is 0 Å². The molecule has 0 fully saturated rings. The van der Waals surface area contributed by atoms with Crippen LogP contribution in [0.5, 0.6) is 5.75 Å². The topological polar surface area (TPSA) is 59.0 Å². The van der Waals surface area contributed by atoms with Gasteiger partial charge in [0.2, 0.25) is 0 Å². The van der Waals surface area contributed by atoms with Gasteiger partial charge in [0, 0.05) is 10.9 Å². The number of ether oxygens (including phenoxy) is 1. The summed E-state index contributed by atoms with van der Waals surface area (Å²) in [7, 11) is -2.18. The van der Waals surface area contributed by atoms with E-state index < -0.39 is 16.1 Å². The highest BCUT2D eigenvalue weighted by Crippen LogP contribution is 2.37. The fourth-order valence-electron chi connectivity index (χ4n) is 3.30. The molecule has 7 heteroatoms. The normalized spacial score (nSPS) is 16.6. The molecule has 1 aliphatic rings. The van der Waals surface area contributed by atoms with Gasteiger partial charge in [-0.15, -0.1) is 0 Å². The monoisotopic (exact) mass is 470 g/mol. The second kappa shape index (κ2) is 8.00. The fraction of sp³-hybridized carbons (Fsp3) is 0.136. The molecule has 0 aliphatic carbocycles. The van der Waals surface area contributed by atoms with Crippen LogP contribution in [0.3, 0.4) is 0 Å². The molecule has 5 nitrogen and oxygen atoms in total. The fourth-order valence-corrected chi connectivity index (χ4v) is 5.02. The molecule has 29 heavy (non-hydrogen) atoms. The summed E-state index contributed by atoms with van der Waals surface area (Å²) in [5.41, 5.74) is 2.48. The van der Waals surface area contributed by atoms with E-state index in [4.69, 9.17) is 4.74 Å². The number of hydrazone groups is 1. The van der Waals surface area contributed by atoms with Crippen molar-refractivity contribution < 1.29 is 13.2 Å². The maximum Gasteiger partial charge on any atom is 0.279 e. The summed E-state index contributed by atoms with van der Waals surface area (Å²) in [6.07, 6.45) is 0.486. The van der Waals surface area contributed by atoms with Gasteiger partial charge in [0.25, 0.3) is 10.0 Å². The summed E-state index contributed by atoms with van der Waals surface area (Å²) in [4.78, 5) is 0.224. The second-order valence-corrected chi connectivity index (χ2v) is 9.35. The predicted molar refractivity (Wildman–Crippen MR) is 116 cm³/mol. The molecule has 0 spiro atoms. The van der Waals surface area contributed by atoms with Crippen molar-refractivity contribution in [2.75, 3.05) is 7.11 Å². The van der Waals surface area contributed by atoms with E-state index in [1.54, 1.807) is 37.4 Å². The van der Waals surface area contributed by atoms with Crippen LogP contribution in [-0.2, 0) is 10.0 Å². The third kappa shape index (κ3) is 3.93. The summed E-state index contributed by atoms with van der Waals surface area (Å²) < 4.78 is 34.1. The van der Waals surface area contributed by atoms with Gasteiger partial charge in [-0.3, -0.25) is 0 Å². The number of benzene rings is 3. The molecule has 0 unspecified atom stereocenters. The highest BCUT2D eigenvalue weighted by atomic mass is 79.9. The van der Waals surface area contributed by atoms with Gasteiger partial charge in [0.1, 0.15) is 5.75 Å². The van der Waals surface area contributed by atoms with Crippen LogP contribution in [-0.4, -0.2) is 25.7 Å². The quantitative estimate of drug-likeness (QED) is 0.527. The van der Waals surface area contributed by atoms with Gasteiger partial charge in [-0.25, -0.2) is 0 Å². The van der Waals surface area contributed by atoms with Crippen LogP contribution in [0.25, 0.3) is 0 Å². The van der Waals surface area contributed by atoms with Gasteiger partial charge >= 0.3 is 0 Å². The van der Waals surface area contributed by atoms with Gasteiger partial charge in [-0.1, -0.05) is 46.3 Å². The number of rotatable bonds is 5. The third-order valence-electron chi connectivity index (χ3n) is 4.84. The highest BCUT2D eigenvalue weighted by molar-refractivity contribution is 9.10.